The number of nitrogens with zero attached hydrogens (tertiary/aromatic N) is 1. The van der Waals surface area contributed by atoms with Crippen molar-refractivity contribution in [2.45, 2.75) is 6.54 Å². The molecule has 0 spiro atoms. The molecule has 3 nitrogen and oxygen atoms in total. The zero-order valence-electron chi connectivity index (χ0n) is 6.62. The summed E-state index contributed by atoms with van der Waals surface area (Å²) in [7, 11) is 0. The normalized spacial score (nSPS) is 13.8. The highest BCUT2D eigenvalue weighted by molar-refractivity contribution is 9.10. The highest BCUT2D eigenvalue weighted by Gasteiger charge is 2.20. The monoisotopic (exact) mass is 239 g/mol. The van der Waals surface area contributed by atoms with Gasteiger partial charge in [-0.1, -0.05) is 22.0 Å². The zero-order valence-corrected chi connectivity index (χ0v) is 8.21. The quantitative estimate of drug-likeness (QED) is 0.814. The van der Waals surface area contributed by atoms with Gasteiger partial charge in [0.2, 0.25) is 0 Å². The van der Waals surface area contributed by atoms with Crippen molar-refractivity contribution in [3.8, 4) is 0 Å². The molecular weight excluding hydrogens is 234 g/mol. The van der Waals surface area contributed by atoms with Crippen LogP contribution in [0.4, 0.5) is 0 Å². The third kappa shape index (κ3) is 1.37. The van der Waals surface area contributed by atoms with Gasteiger partial charge < -0.3 is 5.11 Å². The number of aliphatic carboxylic acids is 1. The molecule has 0 bridgehead atoms. The van der Waals surface area contributed by atoms with Crippen molar-refractivity contribution in [2.24, 2.45) is 4.99 Å². The van der Waals surface area contributed by atoms with Gasteiger partial charge in [0.1, 0.15) is 0 Å². The molecule has 4 heteroatoms. The van der Waals surface area contributed by atoms with Crippen molar-refractivity contribution < 1.29 is 9.90 Å². The molecule has 0 atom stereocenters. The molecular formula is C9H6BrNO2. The van der Waals surface area contributed by atoms with E-state index in [-0.39, 0.29) is 5.71 Å². The molecule has 1 N–H and O–H groups in total. The standard InChI is InChI=1S/C9H6BrNO2/c10-6-1-2-7-5(3-6)4-11-8(7)9(12)13/h1-3H,4H2,(H,12,13). The second-order valence-electron chi connectivity index (χ2n) is 2.77. The first kappa shape index (κ1) is 8.44. The average molecular weight is 240 g/mol. The molecule has 2 rings (SSSR count). The highest BCUT2D eigenvalue weighted by Crippen LogP contribution is 2.22. The summed E-state index contributed by atoms with van der Waals surface area (Å²) in [6, 6.07) is 5.50. The number of hydrogen-bond donors (Lipinski definition) is 1. The van der Waals surface area contributed by atoms with Crippen molar-refractivity contribution in [1.82, 2.24) is 0 Å². The largest absolute Gasteiger partial charge is 0.477 e. The van der Waals surface area contributed by atoms with E-state index in [1.165, 1.54) is 0 Å². The number of benzene rings is 1. The van der Waals surface area contributed by atoms with E-state index in [1.54, 1.807) is 6.07 Å². The number of aliphatic imine (C=N–C) groups is 1. The Morgan fingerprint density at radius 3 is 3.00 bits per heavy atom. The van der Waals surface area contributed by atoms with Gasteiger partial charge in [-0.2, -0.15) is 0 Å². The van der Waals surface area contributed by atoms with Crippen molar-refractivity contribution in [1.29, 1.82) is 0 Å². The number of fused-ring (bicyclic) bond motifs is 1. The second-order valence-corrected chi connectivity index (χ2v) is 3.69. The fourth-order valence-corrected chi connectivity index (χ4v) is 1.76. The van der Waals surface area contributed by atoms with Gasteiger partial charge in [-0.05, 0) is 17.7 Å². The maximum atomic E-state index is 10.7. The second kappa shape index (κ2) is 2.96. The van der Waals surface area contributed by atoms with Crippen LogP contribution in [0.3, 0.4) is 0 Å². The third-order valence-electron chi connectivity index (χ3n) is 1.93. The van der Waals surface area contributed by atoms with E-state index in [0.29, 0.717) is 6.54 Å². The molecule has 0 radical (unpaired) electrons. The molecule has 1 aliphatic heterocycles. The van der Waals surface area contributed by atoms with Crippen LogP contribution >= 0.6 is 15.9 Å². The number of carboxylic acids is 1. The molecule has 0 saturated carbocycles. The van der Waals surface area contributed by atoms with Gasteiger partial charge in [0.25, 0.3) is 0 Å². The van der Waals surface area contributed by atoms with Crippen LogP contribution in [0, 0.1) is 0 Å². The van der Waals surface area contributed by atoms with Crippen LogP contribution in [-0.4, -0.2) is 16.8 Å². The Bertz CT molecular complexity index is 412. The summed E-state index contributed by atoms with van der Waals surface area (Å²) < 4.78 is 0.952. The minimum atomic E-state index is -0.957. The SMILES string of the molecule is O=C(O)C1=NCc2cc(Br)ccc21. The molecule has 1 aromatic carbocycles. The summed E-state index contributed by atoms with van der Waals surface area (Å²) in [6.45, 7) is 0.469. The highest BCUT2D eigenvalue weighted by atomic mass is 79.9. The molecule has 0 aliphatic carbocycles. The predicted molar refractivity (Wildman–Crippen MR) is 52.0 cm³/mol. The van der Waals surface area contributed by atoms with Gasteiger partial charge in [0, 0.05) is 10.0 Å². The van der Waals surface area contributed by atoms with E-state index < -0.39 is 5.97 Å². The molecule has 1 heterocycles. The Morgan fingerprint density at radius 1 is 1.54 bits per heavy atom. The van der Waals surface area contributed by atoms with Gasteiger partial charge in [-0.15, -0.1) is 0 Å². The fourth-order valence-electron chi connectivity index (χ4n) is 1.36. The summed E-state index contributed by atoms with van der Waals surface area (Å²) in [5.74, 6) is -0.957. The van der Waals surface area contributed by atoms with E-state index in [9.17, 15) is 4.79 Å². The van der Waals surface area contributed by atoms with Crippen LogP contribution in [0.5, 0.6) is 0 Å². The van der Waals surface area contributed by atoms with E-state index in [4.69, 9.17) is 5.11 Å². The van der Waals surface area contributed by atoms with Gasteiger partial charge in [0.15, 0.2) is 5.71 Å². The summed E-state index contributed by atoms with van der Waals surface area (Å²) in [5, 5.41) is 8.79. The van der Waals surface area contributed by atoms with Crippen LogP contribution in [0.2, 0.25) is 0 Å². The van der Waals surface area contributed by atoms with E-state index in [1.807, 2.05) is 12.1 Å². The lowest BCUT2D eigenvalue weighted by Crippen LogP contribution is -2.11. The van der Waals surface area contributed by atoms with Crippen molar-refractivity contribution in [2.75, 3.05) is 0 Å². The van der Waals surface area contributed by atoms with Crippen LogP contribution in [0.25, 0.3) is 0 Å². The van der Waals surface area contributed by atoms with E-state index >= 15 is 0 Å². The third-order valence-corrected chi connectivity index (χ3v) is 2.43. The van der Waals surface area contributed by atoms with Gasteiger partial charge in [-0.3, -0.25) is 4.99 Å². The molecule has 0 fully saturated rings. The lowest BCUT2D eigenvalue weighted by atomic mass is 10.1. The van der Waals surface area contributed by atoms with Gasteiger partial charge in [0.05, 0.1) is 6.54 Å². The molecule has 1 aliphatic rings. The van der Waals surface area contributed by atoms with Crippen LogP contribution in [0.15, 0.2) is 27.7 Å². The first-order chi connectivity index (χ1) is 6.18. The molecule has 0 amide bonds. The Labute approximate surface area is 83.2 Å². The maximum absolute atomic E-state index is 10.7. The molecule has 13 heavy (non-hydrogen) atoms. The Kier molecular flexibility index (Phi) is 1.92. The minimum Gasteiger partial charge on any atom is -0.477 e. The Hall–Kier alpha value is -1.16. The summed E-state index contributed by atoms with van der Waals surface area (Å²) in [6.07, 6.45) is 0. The number of rotatable bonds is 1. The molecule has 0 aromatic heterocycles. The van der Waals surface area contributed by atoms with Crippen LogP contribution < -0.4 is 0 Å². The van der Waals surface area contributed by atoms with E-state index in [0.717, 1.165) is 15.6 Å². The van der Waals surface area contributed by atoms with E-state index in [2.05, 4.69) is 20.9 Å². The molecule has 0 unspecified atom stereocenters. The molecule has 1 aromatic rings. The lowest BCUT2D eigenvalue weighted by molar-refractivity contribution is -0.129. The molecule has 66 valence electrons. The number of carbonyl (C=O) groups is 1. The Balaban J connectivity index is 2.51. The van der Waals surface area contributed by atoms with Crippen LogP contribution in [-0.2, 0) is 11.3 Å². The zero-order chi connectivity index (χ0) is 9.42. The van der Waals surface area contributed by atoms with Crippen molar-refractivity contribution >= 4 is 27.6 Å². The van der Waals surface area contributed by atoms with Crippen molar-refractivity contribution in [3.63, 3.8) is 0 Å². The number of carboxylic acid groups (broad SMARTS) is 1. The fraction of sp³-hybridized carbons (Fsp3) is 0.111. The lowest BCUT2D eigenvalue weighted by Gasteiger charge is -1.98. The summed E-state index contributed by atoms with van der Waals surface area (Å²) in [5.41, 5.74) is 1.87. The smallest absolute Gasteiger partial charge is 0.354 e. The summed E-state index contributed by atoms with van der Waals surface area (Å²) >= 11 is 3.32. The Morgan fingerprint density at radius 2 is 2.31 bits per heavy atom. The minimum absolute atomic E-state index is 0.169. The predicted octanol–water partition coefficient (Wildman–Crippen LogP) is 1.84. The summed E-state index contributed by atoms with van der Waals surface area (Å²) in [4.78, 5) is 14.6. The maximum Gasteiger partial charge on any atom is 0.354 e. The van der Waals surface area contributed by atoms with Gasteiger partial charge in [-0.25, -0.2) is 4.79 Å². The van der Waals surface area contributed by atoms with Crippen molar-refractivity contribution in [3.05, 3.63) is 33.8 Å². The van der Waals surface area contributed by atoms with Gasteiger partial charge >= 0.3 is 5.97 Å². The first-order valence-electron chi connectivity index (χ1n) is 3.75. The topological polar surface area (TPSA) is 49.7 Å². The average Bonchev–Trinajstić information content (AvgIpc) is 2.46. The molecule has 0 saturated heterocycles. The number of hydrogen-bond acceptors (Lipinski definition) is 2. The first-order valence-corrected chi connectivity index (χ1v) is 4.54. The van der Waals surface area contributed by atoms with Crippen LogP contribution in [0.1, 0.15) is 11.1 Å². The number of halogens is 1.